The van der Waals surface area contributed by atoms with E-state index in [2.05, 4.69) is 37.9 Å². The van der Waals surface area contributed by atoms with Gasteiger partial charge in [0, 0.05) is 11.6 Å². The van der Waals surface area contributed by atoms with E-state index in [4.69, 9.17) is 0 Å². The zero-order chi connectivity index (χ0) is 9.97. The highest BCUT2D eigenvalue weighted by molar-refractivity contribution is 5.44. The zero-order valence-electron chi connectivity index (χ0n) is 9.17. The molecule has 0 aliphatic heterocycles. The van der Waals surface area contributed by atoms with Crippen LogP contribution in [-0.2, 0) is 5.41 Å². The summed E-state index contributed by atoms with van der Waals surface area (Å²) in [6.07, 6.45) is 4.61. The van der Waals surface area contributed by atoms with Crippen molar-refractivity contribution in [2.75, 3.05) is 0 Å². The molecule has 0 spiro atoms. The van der Waals surface area contributed by atoms with Crippen LogP contribution in [0.15, 0.2) is 18.3 Å². The Morgan fingerprint density at radius 1 is 1.36 bits per heavy atom. The molecule has 3 rings (SSSR count). The van der Waals surface area contributed by atoms with Crippen LogP contribution in [0.3, 0.4) is 0 Å². The van der Waals surface area contributed by atoms with Crippen molar-refractivity contribution in [2.24, 2.45) is 5.41 Å². The summed E-state index contributed by atoms with van der Waals surface area (Å²) >= 11 is 0. The number of aromatic nitrogens is 1. The van der Waals surface area contributed by atoms with Gasteiger partial charge in [-0.05, 0) is 35.8 Å². The van der Waals surface area contributed by atoms with Crippen molar-refractivity contribution in [2.45, 2.75) is 44.9 Å². The molecule has 2 unspecified atom stereocenters. The van der Waals surface area contributed by atoms with Gasteiger partial charge in [-0.25, -0.2) is 0 Å². The number of pyridine rings is 1. The van der Waals surface area contributed by atoms with E-state index < -0.39 is 0 Å². The SMILES string of the molecule is CC12CCC(c3cccnc31)C2(C)C. The molecule has 1 aromatic rings. The van der Waals surface area contributed by atoms with Crippen LogP contribution in [0.4, 0.5) is 0 Å². The second kappa shape index (κ2) is 2.21. The van der Waals surface area contributed by atoms with Gasteiger partial charge in [0.2, 0.25) is 0 Å². The maximum absolute atomic E-state index is 4.61. The molecule has 2 atom stereocenters. The van der Waals surface area contributed by atoms with Crippen molar-refractivity contribution >= 4 is 0 Å². The van der Waals surface area contributed by atoms with Crippen molar-refractivity contribution in [3.8, 4) is 0 Å². The number of fused-ring (bicyclic) bond motifs is 5. The standard InChI is InChI=1S/C13H17N/c1-12(2)10-6-7-13(12,3)11-9(10)5-4-8-14-11/h4-5,8,10H,6-7H2,1-3H3. The van der Waals surface area contributed by atoms with Gasteiger partial charge in [0.05, 0.1) is 5.69 Å². The number of nitrogens with zero attached hydrogens (tertiary/aromatic N) is 1. The Kier molecular flexibility index (Phi) is 1.33. The third-order valence-corrected chi connectivity index (χ3v) is 4.96. The van der Waals surface area contributed by atoms with Crippen LogP contribution in [-0.4, -0.2) is 4.98 Å². The minimum absolute atomic E-state index is 0.328. The predicted molar refractivity (Wildman–Crippen MR) is 57.3 cm³/mol. The molecule has 2 aliphatic rings. The van der Waals surface area contributed by atoms with Crippen molar-refractivity contribution in [3.63, 3.8) is 0 Å². The van der Waals surface area contributed by atoms with E-state index in [1.54, 1.807) is 0 Å². The summed E-state index contributed by atoms with van der Waals surface area (Å²) in [7, 11) is 0. The largest absolute Gasteiger partial charge is 0.260 e. The van der Waals surface area contributed by atoms with Crippen molar-refractivity contribution in [1.29, 1.82) is 0 Å². The summed E-state index contributed by atoms with van der Waals surface area (Å²) in [5.41, 5.74) is 3.63. The van der Waals surface area contributed by atoms with Crippen LogP contribution in [0.5, 0.6) is 0 Å². The summed E-state index contributed by atoms with van der Waals surface area (Å²) in [4.78, 5) is 4.61. The summed E-state index contributed by atoms with van der Waals surface area (Å²) in [5, 5.41) is 0. The molecule has 1 fully saturated rings. The predicted octanol–water partition coefficient (Wildman–Crippen LogP) is 3.26. The fourth-order valence-corrected chi connectivity index (χ4v) is 3.63. The van der Waals surface area contributed by atoms with Gasteiger partial charge in [-0.2, -0.15) is 0 Å². The second-order valence-electron chi connectivity index (χ2n) is 5.59. The topological polar surface area (TPSA) is 12.9 Å². The van der Waals surface area contributed by atoms with Gasteiger partial charge in [0.25, 0.3) is 0 Å². The molecule has 14 heavy (non-hydrogen) atoms. The van der Waals surface area contributed by atoms with Crippen LogP contribution in [0.25, 0.3) is 0 Å². The zero-order valence-corrected chi connectivity index (χ0v) is 9.17. The first-order valence-corrected chi connectivity index (χ1v) is 5.53. The molecule has 0 amide bonds. The first kappa shape index (κ1) is 8.46. The molecule has 1 saturated carbocycles. The number of rotatable bonds is 0. The molecule has 74 valence electrons. The molecule has 1 heteroatoms. The van der Waals surface area contributed by atoms with E-state index >= 15 is 0 Å². The minimum atomic E-state index is 0.328. The number of hydrogen-bond acceptors (Lipinski definition) is 1. The normalized spacial score (nSPS) is 37.2. The summed E-state index contributed by atoms with van der Waals surface area (Å²) < 4.78 is 0. The van der Waals surface area contributed by atoms with Gasteiger partial charge in [0.1, 0.15) is 0 Å². The Labute approximate surface area is 85.6 Å². The lowest BCUT2D eigenvalue weighted by molar-refractivity contribution is 0.227. The van der Waals surface area contributed by atoms with Crippen LogP contribution >= 0.6 is 0 Å². The smallest absolute Gasteiger partial charge is 0.0503 e. The van der Waals surface area contributed by atoms with Crippen molar-refractivity contribution in [1.82, 2.24) is 4.98 Å². The van der Waals surface area contributed by atoms with Gasteiger partial charge in [-0.3, -0.25) is 4.98 Å². The van der Waals surface area contributed by atoms with Gasteiger partial charge in [0.15, 0.2) is 0 Å². The lowest BCUT2D eigenvalue weighted by Crippen LogP contribution is -2.31. The Bertz CT molecular complexity index is 394. The van der Waals surface area contributed by atoms with Gasteiger partial charge < -0.3 is 0 Å². The van der Waals surface area contributed by atoms with E-state index in [0.717, 1.165) is 5.92 Å². The first-order chi connectivity index (χ1) is 6.57. The summed E-state index contributed by atoms with van der Waals surface area (Å²) in [6, 6.07) is 4.36. The van der Waals surface area contributed by atoms with Crippen LogP contribution < -0.4 is 0 Å². The number of hydrogen-bond donors (Lipinski definition) is 0. The molecule has 0 N–H and O–H groups in total. The van der Waals surface area contributed by atoms with Crippen LogP contribution in [0.1, 0.15) is 50.8 Å². The molecule has 2 bridgehead atoms. The van der Waals surface area contributed by atoms with E-state index in [1.165, 1.54) is 24.1 Å². The van der Waals surface area contributed by atoms with Crippen molar-refractivity contribution < 1.29 is 0 Å². The maximum atomic E-state index is 4.61. The second-order valence-corrected chi connectivity index (χ2v) is 5.59. The Hall–Kier alpha value is -0.850. The lowest BCUT2D eigenvalue weighted by atomic mass is 9.70. The van der Waals surface area contributed by atoms with Gasteiger partial charge in [-0.15, -0.1) is 0 Å². The Morgan fingerprint density at radius 2 is 2.14 bits per heavy atom. The van der Waals surface area contributed by atoms with Crippen LogP contribution in [0, 0.1) is 5.41 Å². The first-order valence-electron chi connectivity index (χ1n) is 5.53. The molecule has 0 saturated heterocycles. The van der Waals surface area contributed by atoms with Gasteiger partial charge in [-0.1, -0.05) is 26.8 Å². The van der Waals surface area contributed by atoms with Crippen LogP contribution in [0.2, 0.25) is 0 Å². The van der Waals surface area contributed by atoms with Crippen molar-refractivity contribution in [3.05, 3.63) is 29.6 Å². The minimum Gasteiger partial charge on any atom is -0.260 e. The highest BCUT2D eigenvalue weighted by Gasteiger charge is 2.60. The summed E-state index contributed by atoms with van der Waals surface area (Å²) in [6.45, 7) is 7.21. The Balaban J connectivity index is 2.31. The molecule has 0 radical (unpaired) electrons. The molecule has 1 heterocycles. The molecule has 2 aliphatic carbocycles. The molecule has 1 aromatic heterocycles. The molecule has 0 aromatic carbocycles. The maximum Gasteiger partial charge on any atom is 0.0503 e. The third kappa shape index (κ3) is 0.678. The van der Waals surface area contributed by atoms with E-state index in [9.17, 15) is 0 Å². The Morgan fingerprint density at radius 3 is 2.86 bits per heavy atom. The third-order valence-electron chi connectivity index (χ3n) is 4.96. The highest BCUT2D eigenvalue weighted by atomic mass is 14.8. The summed E-state index contributed by atoms with van der Waals surface area (Å²) in [5.74, 6) is 0.746. The van der Waals surface area contributed by atoms with Gasteiger partial charge >= 0.3 is 0 Å². The molecule has 1 nitrogen and oxygen atoms in total. The average molecular weight is 187 g/mol. The van der Waals surface area contributed by atoms with E-state index in [-0.39, 0.29) is 0 Å². The fraction of sp³-hybridized carbons (Fsp3) is 0.615. The van der Waals surface area contributed by atoms with E-state index in [1.807, 2.05) is 6.20 Å². The highest BCUT2D eigenvalue weighted by Crippen LogP contribution is 2.66. The lowest BCUT2D eigenvalue weighted by Gasteiger charge is -2.34. The molecular formula is C13H17N. The monoisotopic (exact) mass is 187 g/mol. The van der Waals surface area contributed by atoms with E-state index in [0.29, 0.717) is 10.8 Å². The molecular weight excluding hydrogens is 170 g/mol. The fourth-order valence-electron chi connectivity index (χ4n) is 3.63. The average Bonchev–Trinajstić information content (AvgIpc) is 2.49. The quantitative estimate of drug-likeness (QED) is 0.607.